The maximum Gasteiger partial charge on any atom is 0.164 e. The van der Waals surface area contributed by atoms with Gasteiger partial charge >= 0.3 is 0 Å². The van der Waals surface area contributed by atoms with Gasteiger partial charge in [0.25, 0.3) is 0 Å². The summed E-state index contributed by atoms with van der Waals surface area (Å²) in [5.41, 5.74) is 12.4. The maximum absolute atomic E-state index is 9.43. The van der Waals surface area contributed by atoms with Gasteiger partial charge in [0, 0.05) is 16.7 Å². The summed E-state index contributed by atoms with van der Waals surface area (Å²) in [4.78, 5) is 14.9. The smallest absolute Gasteiger partial charge is 0.164 e. The molecule has 5 heteroatoms. The summed E-state index contributed by atoms with van der Waals surface area (Å²) in [6.07, 6.45) is 0. The van der Waals surface area contributed by atoms with Crippen molar-refractivity contribution in [1.29, 1.82) is 10.5 Å². The quantitative estimate of drug-likeness (QED) is 0.169. The van der Waals surface area contributed by atoms with Crippen molar-refractivity contribution < 1.29 is 0 Å². The van der Waals surface area contributed by atoms with E-state index in [2.05, 4.69) is 78.9 Å². The van der Waals surface area contributed by atoms with Gasteiger partial charge < -0.3 is 0 Å². The summed E-state index contributed by atoms with van der Waals surface area (Å²) in [6, 6.07) is 63.1. The van der Waals surface area contributed by atoms with Gasteiger partial charge in [0.15, 0.2) is 17.5 Å². The van der Waals surface area contributed by atoms with Crippen molar-refractivity contribution in [2.45, 2.75) is 0 Å². The van der Waals surface area contributed by atoms with Crippen molar-refractivity contribution in [3.8, 4) is 90.8 Å². The molecule has 242 valence electrons. The zero-order chi connectivity index (χ0) is 35.3. The lowest BCUT2D eigenvalue weighted by Crippen LogP contribution is -2.00. The predicted octanol–water partition coefficient (Wildman–Crippen LogP) is 11.3. The second-order valence-electron chi connectivity index (χ2n) is 12.4. The standard InChI is InChI=1S/C47H29N5/c48-30-32-11-15-34(16-12-32)35-19-21-36(22-20-35)37-23-25-39(26-24-37)43-27-42(38-17-13-33(31-49)14-18-38)28-44(29-43)47-51-45(40-7-3-1-4-8-40)50-46(52-47)41-9-5-2-6-10-41/h1-29H. The Hall–Kier alpha value is -7.47. The Morgan fingerprint density at radius 2 is 0.538 bits per heavy atom. The summed E-state index contributed by atoms with van der Waals surface area (Å²) in [6.45, 7) is 0. The second-order valence-corrected chi connectivity index (χ2v) is 12.4. The van der Waals surface area contributed by atoms with E-state index in [4.69, 9.17) is 20.2 Å². The van der Waals surface area contributed by atoms with Crippen LogP contribution in [0.2, 0.25) is 0 Å². The van der Waals surface area contributed by atoms with Crippen molar-refractivity contribution in [2.24, 2.45) is 0 Å². The van der Waals surface area contributed by atoms with Crippen LogP contribution in [0.3, 0.4) is 0 Å². The average Bonchev–Trinajstić information content (AvgIpc) is 3.24. The molecule has 0 saturated carbocycles. The van der Waals surface area contributed by atoms with Crippen molar-refractivity contribution in [3.63, 3.8) is 0 Å². The molecule has 52 heavy (non-hydrogen) atoms. The van der Waals surface area contributed by atoms with E-state index in [1.807, 2.05) is 109 Å². The number of nitriles is 2. The minimum atomic E-state index is 0.573. The number of aromatic nitrogens is 3. The molecule has 0 aliphatic heterocycles. The fourth-order valence-corrected chi connectivity index (χ4v) is 6.21. The number of hydrogen-bond acceptors (Lipinski definition) is 5. The summed E-state index contributed by atoms with van der Waals surface area (Å²) in [7, 11) is 0. The molecule has 7 aromatic carbocycles. The number of benzene rings is 7. The second kappa shape index (κ2) is 14.2. The molecule has 0 aliphatic carbocycles. The van der Waals surface area contributed by atoms with Crippen molar-refractivity contribution in [1.82, 2.24) is 15.0 Å². The van der Waals surface area contributed by atoms with E-state index in [1.165, 1.54) is 0 Å². The van der Waals surface area contributed by atoms with Crippen LogP contribution in [-0.2, 0) is 0 Å². The van der Waals surface area contributed by atoms with Crippen LogP contribution in [-0.4, -0.2) is 15.0 Å². The van der Waals surface area contributed by atoms with Crippen LogP contribution < -0.4 is 0 Å². The summed E-state index contributed by atoms with van der Waals surface area (Å²) in [5.74, 6) is 1.78. The molecule has 8 aromatic rings. The van der Waals surface area contributed by atoms with Crippen LogP contribution in [0.1, 0.15) is 11.1 Å². The summed E-state index contributed by atoms with van der Waals surface area (Å²) < 4.78 is 0. The third kappa shape index (κ3) is 6.71. The molecule has 0 spiro atoms. The van der Waals surface area contributed by atoms with E-state index < -0.39 is 0 Å². The molecule has 1 heterocycles. The van der Waals surface area contributed by atoms with Gasteiger partial charge in [-0.05, 0) is 87.0 Å². The first kappa shape index (κ1) is 31.8. The Balaban J connectivity index is 1.20. The normalized spacial score (nSPS) is 10.7. The highest BCUT2D eigenvalue weighted by atomic mass is 15.0. The Morgan fingerprint density at radius 1 is 0.269 bits per heavy atom. The lowest BCUT2D eigenvalue weighted by Gasteiger charge is -2.13. The molecule has 0 N–H and O–H groups in total. The average molecular weight is 664 g/mol. The zero-order valence-corrected chi connectivity index (χ0v) is 28.0. The predicted molar refractivity (Wildman–Crippen MR) is 207 cm³/mol. The largest absolute Gasteiger partial charge is 0.208 e. The van der Waals surface area contributed by atoms with Gasteiger partial charge in [-0.25, -0.2) is 15.0 Å². The first-order valence-electron chi connectivity index (χ1n) is 16.9. The number of hydrogen-bond donors (Lipinski definition) is 0. The molecule has 0 atom stereocenters. The molecule has 1 aromatic heterocycles. The summed E-state index contributed by atoms with van der Waals surface area (Å²) >= 11 is 0. The van der Waals surface area contributed by atoms with E-state index >= 15 is 0 Å². The van der Waals surface area contributed by atoms with Gasteiger partial charge in [-0.2, -0.15) is 10.5 Å². The van der Waals surface area contributed by atoms with E-state index in [1.54, 1.807) is 0 Å². The molecule has 5 nitrogen and oxygen atoms in total. The van der Waals surface area contributed by atoms with Crippen LogP contribution in [0.15, 0.2) is 176 Å². The SMILES string of the molecule is N#Cc1ccc(-c2ccc(-c3ccc(-c4cc(-c5ccc(C#N)cc5)cc(-c5nc(-c6ccccc6)nc(-c6ccccc6)n5)c4)cc3)cc2)cc1. The fourth-order valence-electron chi connectivity index (χ4n) is 6.21. The molecule has 0 saturated heterocycles. The lowest BCUT2D eigenvalue weighted by molar-refractivity contribution is 1.07. The highest BCUT2D eigenvalue weighted by Gasteiger charge is 2.15. The van der Waals surface area contributed by atoms with E-state index in [0.29, 0.717) is 28.6 Å². The van der Waals surface area contributed by atoms with Crippen LogP contribution in [0.4, 0.5) is 0 Å². The molecule has 0 amide bonds. The van der Waals surface area contributed by atoms with Gasteiger partial charge in [-0.3, -0.25) is 0 Å². The third-order valence-corrected chi connectivity index (χ3v) is 9.02. The first-order chi connectivity index (χ1) is 25.6. The van der Waals surface area contributed by atoms with E-state index in [0.717, 1.165) is 61.2 Å². The minimum absolute atomic E-state index is 0.573. The van der Waals surface area contributed by atoms with Gasteiger partial charge in [0.05, 0.1) is 23.3 Å². The van der Waals surface area contributed by atoms with Crippen LogP contribution in [0.5, 0.6) is 0 Å². The Kier molecular flexibility index (Phi) is 8.66. The Bertz CT molecular complexity index is 2530. The number of rotatable bonds is 7. The molecule has 0 fully saturated rings. The molecular weight excluding hydrogens is 635 g/mol. The minimum Gasteiger partial charge on any atom is -0.208 e. The molecule has 0 aliphatic rings. The van der Waals surface area contributed by atoms with E-state index in [9.17, 15) is 5.26 Å². The van der Waals surface area contributed by atoms with Crippen molar-refractivity contribution >= 4 is 0 Å². The molecule has 0 radical (unpaired) electrons. The topological polar surface area (TPSA) is 86.2 Å². The molecule has 0 unspecified atom stereocenters. The first-order valence-corrected chi connectivity index (χ1v) is 16.9. The van der Waals surface area contributed by atoms with Gasteiger partial charge in [-0.1, -0.05) is 133 Å². The molecule has 0 bridgehead atoms. The van der Waals surface area contributed by atoms with Crippen molar-refractivity contribution in [3.05, 3.63) is 187 Å². The van der Waals surface area contributed by atoms with Crippen LogP contribution in [0, 0.1) is 22.7 Å². The monoisotopic (exact) mass is 663 g/mol. The Morgan fingerprint density at radius 3 is 0.865 bits per heavy atom. The lowest BCUT2D eigenvalue weighted by atomic mass is 9.94. The highest BCUT2D eigenvalue weighted by molar-refractivity contribution is 5.82. The fraction of sp³-hybridized carbons (Fsp3) is 0. The Labute approximate surface area is 302 Å². The zero-order valence-electron chi connectivity index (χ0n) is 28.0. The molecule has 8 rings (SSSR count). The number of nitrogens with zero attached hydrogens (tertiary/aromatic N) is 5. The highest BCUT2D eigenvalue weighted by Crippen LogP contribution is 2.35. The van der Waals surface area contributed by atoms with Crippen LogP contribution in [0.25, 0.3) is 78.7 Å². The molecular formula is C47H29N5. The van der Waals surface area contributed by atoms with Gasteiger partial charge in [0.2, 0.25) is 0 Å². The van der Waals surface area contributed by atoms with E-state index in [-0.39, 0.29) is 0 Å². The summed E-state index contributed by atoms with van der Waals surface area (Å²) in [5, 5.41) is 18.6. The third-order valence-electron chi connectivity index (χ3n) is 9.02. The van der Waals surface area contributed by atoms with Crippen LogP contribution >= 0.6 is 0 Å². The maximum atomic E-state index is 9.43. The van der Waals surface area contributed by atoms with Crippen molar-refractivity contribution in [2.75, 3.05) is 0 Å². The van der Waals surface area contributed by atoms with Gasteiger partial charge in [0.1, 0.15) is 0 Å². The van der Waals surface area contributed by atoms with Gasteiger partial charge in [-0.15, -0.1) is 0 Å².